The van der Waals surface area contributed by atoms with Crippen LogP contribution in [0.25, 0.3) is 11.0 Å². The average Bonchev–Trinajstić information content (AvgIpc) is 3.11. The molecule has 0 bridgehead atoms. The minimum atomic E-state index is 0.100. The van der Waals surface area contributed by atoms with E-state index in [1.54, 1.807) is 11.3 Å². The number of hydrogen-bond donors (Lipinski definition) is 2. The highest BCUT2D eigenvalue weighted by Crippen LogP contribution is 2.23. The van der Waals surface area contributed by atoms with Gasteiger partial charge in [0.05, 0.1) is 17.1 Å². The van der Waals surface area contributed by atoms with Crippen molar-refractivity contribution in [3.8, 4) is 0 Å². The van der Waals surface area contributed by atoms with Crippen LogP contribution in [-0.2, 0) is 13.0 Å². The number of aryl methyl sites for hydroxylation is 1. The van der Waals surface area contributed by atoms with Crippen LogP contribution >= 0.6 is 11.3 Å². The molecule has 0 fully saturated rings. The van der Waals surface area contributed by atoms with Crippen LogP contribution in [0, 0.1) is 0 Å². The van der Waals surface area contributed by atoms with Crippen molar-refractivity contribution in [2.45, 2.75) is 25.9 Å². The van der Waals surface area contributed by atoms with Gasteiger partial charge >= 0.3 is 0 Å². The average molecular weight is 286 g/mol. The Morgan fingerprint density at radius 2 is 2.20 bits per heavy atom. The van der Waals surface area contributed by atoms with E-state index >= 15 is 0 Å². The number of hydrogen-bond acceptors (Lipinski definition) is 4. The van der Waals surface area contributed by atoms with Gasteiger partial charge in [-0.3, -0.25) is 11.3 Å². The van der Waals surface area contributed by atoms with Crippen molar-refractivity contribution in [3.05, 3.63) is 52.5 Å². The van der Waals surface area contributed by atoms with Crippen LogP contribution in [0.1, 0.15) is 24.4 Å². The summed E-state index contributed by atoms with van der Waals surface area (Å²) in [5.41, 5.74) is 6.35. The van der Waals surface area contributed by atoms with Gasteiger partial charge in [0.2, 0.25) is 0 Å². The third-order valence-corrected chi connectivity index (χ3v) is 4.28. The normalized spacial score (nSPS) is 12.9. The maximum absolute atomic E-state index is 5.72. The van der Waals surface area contributed by atoms with Crippen molar-refractivity contribution in [2.24, 2.45) is 5.84 Å². The summed E-state index contributed by atoms with van der Waals surface area (Å²) in [6.07, 6.45) is 0.787. The van der Waals surface area contributed by atoms with Gasteiger partial charge in [-0.25, -0.2) is 4.98 Å². The number of nitrogens with two attached hydrogens (primary N) is 1. The Morgan fingerprint density at radius 3 is 2.90 bits per heavy atom. The highest BCUT2D eigenvalue weighted by atomic mass is 32.1. The smallest absolute Gasteiger partial charge is 0.111 e. The molecule has 1 aromatic carbocycles. The lowest BCUT2D eigenvalue weighted by atomic mass is 10.1. The van der Waals surface area contributed by atoms with Gasteiger partial charge in [-0.1, -0.05) is 12.1 Å². The van der Waals surface area contributed by atoms with Crippen molar-refractivity contribution < 1.29 is 0 Å². The molecule has 2 heterocycles. The summed E-state index contributed by atoms with van der Waals surface area (Å²) in [6.45, 7) is 3.06. The molecule has 1 unspecified atom stereocenters. The predicted octanol–water partition coefficient (Wildman–Crippen LogP) is 2.86. The van der Waals surface area contributed by atoms with E-state index in [0.29, 0.717) is 0 Å². The van der Waals surface area contributed by atoms with Gasteiger partial charge in [0.25, 0.3) is 0 Å². The lowest BCUT2D eigenvalue weighted by Crippen LogP contribution is -2.30. The van der Waals surface area contributed by atoms with E-state index in [-0.39, 0.29) is 6.04 Å². The maximum atomic E-state index is 5.72. The molecule has 5 heteroatoms. The van der Waals surface area contributed by atoms with Crippen molar-refractivity contribution in [1.29, 1.82) is 0 Å². The molecule has 104 valence electrons. The predicted molar refractivity (Wildman–Crippen MR) is 83.5 cm³/mol. The first kappa shape index (κ1) is 13.3. The topological polar surface area (TPSA) is 55.9 Å². The molecule has 0 saturated carbocycles. The standard InChI is InChI=1S/C15H18N4S/c1-2-19-14-6-4-3-5-12(14)17-15(19)9-13(18-16)11-7-8-20-10-11/h3-8,10,13,18H,2,9,16H2,1H3. The number of rotatable bonds is 5. The fraction of sp³-hybridized carbons (Fsp3) is 0.267. The zero-order valence-electron chi connectivity index (χ0n) is 11.4. The van der Waals surface area contributed by atoms with E-state index in [0.717, 1.165) is 24.3 Å². The molecule has 0 aliphatic carbocycles. The number of imidazole rings is 1. The van der Waals surface area contributed by atoms with E-state index in [1.165, 1.54) is 11.1 Å². The number of nitrogens with zero attached hydrogens (tertiary/aromatic N) is 2. The van der Waals surface area contributed by atoms with Gasteiger partial charge in [-0.15, -0.1) is 0 Å². The molecule has 0 saturated heterocycles. The summed E-state index contributed by atoms with van der Waals surface area (Å²) in [4.78, 5) is 4.75. The van der Waals surface area contributed by atoms with Crippen LogP contribution in [0.2, 0.25) is 0 Å². The Morgan fingerprint density at radius 1 is 1.35 bits per heavy atom. The molecule has 0 aliphatic heterocycles. The molecule has 4 nitrogen and oxygen atoms in total. The second-order valence-corrected chi connectivity index (χ2v) is 5.52. The van der Waals surface area contributed by atoms with E-state index in [2.05, 4.69) is 51.9 Å². The van der Waals surface area contributed by atoms with Crippen LogP contribution in [0.15, 0.2) is 41.1 Å². The van der Waals surface area contributed by atoms with Crippen molar-refractivity contribution in [2.75, 3.05) is 0 Å². The number of nitrogens with one attached hydrogen (secondary N) is 1. The Balaban J connectivity index is 1.97. The maximum Gasteiger partial charge on any atom is 0.111 e. The molecule has 0 radical (unpaired) electrons. The highest BCUT2D eigenvalue weighted by molar-refractivity contribution is 7.07. The first-order valence-electron chi connectivity index (χ1n) is 6.76. The number of benzene rings is 1. The number of hydrazine groups is 1. The number of thiophene rings is 1. The molecule has 3 aromatic rings. The third kappa shape index (κ3) is 2.35. The Labute approximate surface area is 122 Å². The Bertz CT molecular complexity index is 687. The van der Waals surface area contributed by atoms with E-state index in [4.69, 9.17) is 10.8 Å². The zero-order chi connectivity index (χ0) is 13.9. The summed E-state index contributed by atoms with van der Waals surface area (Å²) in [5, 5.41) is 4.20. The van der Waals surface area contributed by atoms with Gasteiger partial charge in [0.15, 0.2) is 0 Å². The molecule has 20 heavy (non-hydrogen) atoms. The van der Waals surface area contributed by atoms with Gasteiger partial charge in [-0.05, 0) is 41.4 Å². The van der Waals surface area contributed by atoms with Crippen LogP contribution in [0.3, 0.4) is 0 Å². The van der Waals surface area contributed by atoms with Crippen LogP contribution in [0.5, 0.6) is 0 Å². The molecular weight excluding hydrogens is 268 g/mol. The largest absolute Gasteiger partial charge is 0.328 e. The molecule has 1 atom stereocenters. The molecule has 2 aromatic heterocycles. The van der Waals surface area contributed by atoms with Crippen molar-refractivity contribution in [3.63, 3.8) is 0 Å². The zero-order valence-corrected chi connectivity index (χ0v) is 12.2. The highest BCUT2D eigenvalue weighted by Gasteiger charge is 2.16. The SMILES string of the molecule is CCn1c(CC(NN)c2ccsc2)nc2ccccc21. The van der Waals surface area contributed by atoms with Crippen LogP contribution in [-0.4, -0.2) is 9.55 Å². The quantitative estimate of drug-likeness (QED) is 0.560. The molecule has 3 N–H and O–H groups in total. The van der Waals surface area contributed by atoms with E-state index < -0.39 is 0 Å². The third-order valence-electron chi connectivity index (χ3n) is 3.58. The first-order valence-corrected chi connectivity index (χ1v) is 7.70. The Kier molecular flexibility index (Phi) is 3.82. The van der Waals surface area contributed by atoms with Gasteiger partial charge in [0.1, 0.15) is 5.82 Å². The summed E-state index contributed by atoms with van der Waals surface area (Å²) in [6, 6.07) is 10.5. The number of fused-ring (bicyclic) bond motifs is 1. The second-order valence-electron chi connectivity index (χ2n) is 4.74. The molecule has 0 aliphatic rings. The fourth-order valence-corrected chi connectivity index (χ4v) is 3.28. The number of aromatic nitrogens is 2. The van der Waals surface area contributed by atoms with E-state index in [1.807, 2.05) is 6.07 Å². The molecular formula is C15H18N4S. The minimum Gasteiger partial charge on any atom is -0.328 e. The summed E-state index contributed by atoms with van der Waals surface area (Å²) in [7, 11) is 0. The molecule has 0 spiro atoms. The lowest BCUT2D eigenvalue weighted by Gasteiger charge is -2.15. The summed E-state index contributed by atoms with van der Waals surface area (Å²) in [5.74, 6) is 6.79. The van der Waals surface area contributed by atoms with E-state index in [9.17, 15) is 0 Å². The van der Waals surface area contributed by atoms with Gasteiger partial charge in [-0.2, -0.15) is 11.3 Å². The molecule has 3 rings (SSSR count). The fourth-order valence-electron chi connectivity index (χ4n) is 2.56. The lowest BCUT2D eigenvalue weighted by molar-refractivity contribution is 0.527. The Hall–Kier alpha value is -1.69. The van der Waals surface area contributed by atoms with Crippen molar-refractivity contribution in [1.82, 2.24) is 15.0 Å². The minimum absolute atomic E-state index is 0.100. The van der Waals surface area contributed by atoms with Crippen LogP contribution in [0.4, 0.5) is 0 Å². The second kappa shape index (κ2) is 5.75. The van der Waals surface area contributed by atoms with Gasteiger partial charge in [0, 0.05) is 13.0 Å². The molecule has 0 amide bonds. The van der Waals surface area contributed by atoms with Crippen LogP contribution < -0.4 is 11.3 Å². The van der Waals surface area contributed by atoms with Crippen molar-refractivity contribution >= 4 is 22.4 Å². The summed E-state index contributed by atoms with van der Waals surface area (Å²) >= 11 is 1.69. The van der Waals surface area contributed by atoms with Gasteiger partial charge < -0.3 is 4.57 Å². The first-order chi connectivity index (χ1) is 9.83. The summed E-state index contributed by atoms with van der Waals surface area (Å²) < 4.78 is 2.26. The number of para-hydroxylation sites is 2. The monoisotopic (exact) mass is 286 g/mol.